The van der Waals surface area contributed by atoms with Gasteiger partial charge in [-0.05, 0) is 55.0 Å². The predicted octanol–water partition coefficient (Wildman–Crippen LogP) is 2.88. The molecule has 0 spiro atoms. The van der Waals surface area contributed by atoms with Crippen LogP contribution < -0.4 is 10.5 Å². The number of halogens is 1. The number of primary sulfonamides is 1. The third-order valence-electron chi connectivity index (χ3n) is 3.89. The summed E-state index contributed by atoms with van der Waals surface area (Å²) in [5.74, 6) is -0.109. The van der Waals surface area contributed by atoms with Gasteiger partial charge in [0.25, 0.3) is 0 Å². The van der Waals surface area contributed by atoms with Crippen LogP contribution in [0.3, 0.4) is 0 Å². The smallest absolute Gasteiger partial charge is 0.238 e. The molecule has 11 heteroatoms. The number of thioether (sulfide) groups is 1. The average Bonchev–Trinajstić information content (AvgIpc) is 3.14. The Balaban J connectivity index is 1.57. The first-order valence-corrected chi connectivity index (χ1v) is 11.1. The fourth-order valence-corrected chi connectivity index (χ4v) is 3.56. The number of nitrogens with zero attached hydrogens (tertiary/aromatic N) is 2. The van der Waals surface area contributed by atoms with Gasteiger partial charge in [-0.15, -0.1) is 5.10 Å². The molecule has 0 saturated carbocycles. The van der Waals surface area contributed by atoms with Gasteiger partial charge in [-0.25, -0.2) is 22.9 Å². The average molecular weight is 448 g/mol. The van der Waals surface area contributed by atoms with E-state index < -0.39 is 15.3 Å². The van der Waals surface area contributed by atoms with Crippen LogP contribution in [0.2, 0.25) is 0 Å². The summed E-state index contributed by atoms with van der Waals surface area (Å²) in [6, 6.07) is 11.6. The van der Waals surface area contributed by atoms with Crippen molar-refractivity contribution in [2.45, 2.75) is 22.2 Å². The number of aromatic nitrogens is 3. The predicted molar refractivity (Wildman–Crippen MR) is 113 cm³/mol. The van der Waals surface area contributed by atoms with Crippen molar-refractivity contribution in [3.8, 4) is 0 Å². The first kappa shape index (κ1) is 21.7. The molecule has 0 fully saturated rings. The van der Waals surface area contributed by atoms with Crippen LogP contribution in [-0.4, -0.2) is 34.8 Å². The summed E-state index contributed by atoms with van der Waals surface area (Å²) in [6.07, 6.45) is 3.46. The number of sulfonamides is 1. The largest absolute Gasteiger partial charge is 0.325 e. The van der Waals surface area contributed by atoms with Gasteiger partial charge in [0, 0.05) is 5.69 Å². The number of hydrogen-bond donors (Lipinski definition) is 3. The maximum Gasteiger partial charge on any atom is 0.238 e. The minimum atomic E-state index is -3.79. The molecule has 1 heterocycles. The van der Waals surface area contributed by atoms with Gasteiger partial charge in [-0.1, -0.05) is 30.0 Å². The molecule has 8 nitrogen and oxygen atoms in total. The molecule has 1 unspecified atom stereocenters. The number of hydrogen-bond acceptors (Lipinski definition) is 6. The second kappa shape index (κ2) is 9.20. The lowest BCUT2D eigenvalue weighted by Gasteiger charge is -2.10. The Morgan fingerprint density at radius 1 is 1.17 bits per heavy atom. The van der Waals surface area contributed by atoms with Gasteiger partial charge in [-0.3, -0.25) is 9.89 Å². The molecule has 3 rings (SSSR count). The van der Waals surface area contributed by atoms with Gasteiger partial charge in [0.1, 0.15) is 11.6 Å². The van der Waals surface area contributed by atoms with Crippen LogP contribution >= 0.6 is 11.8 Å². The lowest BCUT2D eigenvalue weighted by molar-refractivity contribution is -0.115. The molecular formula is C19H18FN5O3S2. The highest BCUT2D eigenvalue weighted by Gasteiger charge is 2.17. The van der Waals surface area contributed by atoms with Crippen molar-refractivity contribution in [3.05, 3.63) is 65.7 Å². The molecule has 3 aromatic rings. The molecule has 0 aliphatic rings. The van der Waals surface area contributed by atoms with Gasteiger partial charge in [-0.2, -0.15) is 0 Å². The maximum absolute atomic E-state index is 12.9. The van der Waals surface area contributed by atoms with E-state index in [2.05, 4.69) is 20.5 Å². The van der Waals surface area contributed by atoms with E-state index >= 15 is 0 Å². The minimum Gasteiger partial charge on any atom is -0.325 e. The van der Waals surface area contributed by atoms with Crippen LogP contribution in [0.15, 0.2) is 58.6 Å². The molecule has 156 valence electrons. The fourth-order valence-electron chi connectivity index (χ4n) is 2.32. The van der Waals surface area contributed by atoms with Crippen molar-refractivity contribution in [1.29, 1.82) is 0 Å². The summed E-state index contributed by atoms with van der Waals surface area (Å²) in [5.41, 5.74) is 1.25. The number of aromatic amines is 1. The molecule has 1 amide bonds. The Labute approximate surface area is 176 Å². The number of anilines is 1. The van der Waals surface area contributed by atoms with E-state index in [1.54, 1.807) is 31.2 Å². The summed E-state index contributed by atoms with van der Waals surface area (Å²) in [4.78, 5) is 16.6. The molecule has 0 bridgehead atoms. The Hall–Kier alpha value is -3.02. The minimum absolute atomic E-state index is 0.0372. The van der Waals surface area contributed by atoms with Crippen molar-refractivity contribution in [3.63, 3.8) is 0 Å². The number of benzene rings is 2. The Morgan fingerprint density at radius 3 is 2.47 bits per heavy atom. The highest BCUT2D eigenvalue weighted by atomic mass is 32.2. The zero-order valence-corrected chi connectivity index (χ0v) is 17.4. The van der Waals surface area contributed by atoms with Gasteiger partial charge in [0.05, 0.1) is 10.1 Å². The zero-order valence-electron chi connectivity index (χ0n) is 15.7. The lowest BCUT2D eigenvalue weighted by atomic mass is 10.2. The van der Waals surface area contributed by atoms with E-state index in [1.807, 2.05) is 0 Å². The number of H-pyrrole nitrogens is 1. The van der Waals surface area contributed by atoms with Crippen LogP contribution in [0.1, 0.15) is 18.3 Å². The second-order valence-electron chi connectivity index (χ2n) is 6.21. The van der Waals surface area contributed by atoms with Crippen molar-refractivity contribution >= 4 is 45.5 Å². The second-order valence-corrected chi connectivity index (χ2v) is 9.08. The third-order valence-corrected chi connectivity index (χ3v) is 5.78. The molecular weight excluding hydrogens is 429 g/mol. The van der Waals surface area contributed by atoms with Crippen molar-refractivity contribution in [2.75, 3.05) is 5.32 Å². The molecule has 30 heavy (non-hydrogen) atoms. The molecule has 4 N–H and O–H groups in total. The van der Waals surface area contributed by atoms with E-state index in [-0.39, 0.29) is 16.6 Å². The first-order valence-electron chi connectivity index (χ1n) is 8.67. The lowest BCUT2D eigenvalue weighted by Crippen LogP contribution is -2.22. The molecule has 1 atom stereocenters. The van der Waals surface area contributed by atoms with Gasteiger partial charge < -0.3 is 5.32 Å². The highest BCUT2D eigenvalue weighted by Crippen LogP contribution is 2.21. The summed E-state index contributed by atoms with van der Waals surface area (Å²) < 4.78 is 35.5. The molecule has 0 aliphatic heterocycles. The number of amides is 1. The quantitative estimate of drug-likeness (QED) is 0.477. The summed E-state index contributed by atoms with van der Waals surface area (Å²) in [5, 5.41) is 14.4. The molecule has 1 aromatic heterocycles. The Morgan fingerprint density at radius 2 is 1.83 bits per heavy atom. The van der Waals surface area contributed by atoms with Crippen molar-refractivity contribution in [1.82, 2.24) is 15.2 Å². The first-order chi connectivity index (χ1) is 14.2. The van der Waals surface area contributed by atoms with Crippen LogP contribution in [0.25, 0.3) is 12.2 Å². The van der Waals surface area contributed by atoms with E-state index in [4.69, 9.17) is 5.14 Å². The fraction of sp³-hybridized carbons (Fsp3) is 0.105. The number of nitrogens with one attached hydrogen (secondary N) is 2. The third kappa shape index (κ3) is 5.99. The summed E-state index contributed by atoms with van der Waals surface area (Å²) in [6.45, 7) is 1.70. The molecule has 0 aliphatic carbocycles. The SMILES string of the molecule is CC(Sc1n[nH]c(/C=C/c2ccc(F)cc2)n1)C(=O)Nc1ccc(S(N)(=O)=O)cc1. The summed E-state index contributed by atoms with van der Waals surface area (Å²) >= 11 is 1.16. The van der Waals surface area contributed by atoms with E-state index in [0.29, 0.717) is 16.7 Å². The maximum atomic E-state index is 12.9. The summed E-state index contributed by atoms with van der Waals surface area (Å²) in [7, 11) is -3.79. The van der Waals surface area contributed by atoms with Gasteiger partial charge >= 0.3 is 0 Å². The van der Waals surface area contributed by atoms with Gasteiger partial charge in [0.2, 0.25) is 21.1 Å². The van der Waals surface area contributed by atoms with Crippen LogP contribution in [0.5, 0.6) is 0 Å². The molecule has 0 radical (unpaired) electrons. The van der Waals surface area contributed by atoms with Crippen LogP contribution in [0.4, 0.5) is 10.1 Å². The van der Waals surface area contributed by atoms with E-state index in [1.165, 1.54) is 36.4 Å². The van der Waals surface area contributed by atoms with Crippen LogP contribution in [0, 0.1) is 5.82 Å². The Kier molecular flexibility index (Phi) is 6.65. The van der Waals surface area contributed by atoms with E-state index in [0.717, 1.165) is 17.3 Å². The standard InChI is InChI=1S/C19H18FN5O3S2/c1-12(18(26)22-15-7-9-16(10-8-15)30(21,27)28)29-19-23-17(24-25-19)11-4-13-2-5-14(20)6-3-13/h2-12H,1H3,(H,22,26)(H2,21,27,28)(H,23,24,25)/b11-4+. The molecule has 0 saturated heterocycles. The number of carbonyl (C=O) groups excluding carboxylic acids is 1. The van der Waals surface area contributed by atoms with Gasteiger partial charge in [0.15, 0.2) is 0 Å². The normalized spacial score (nSPS) is 12.8. The van der Waals surface area contributed by atoms with Crippen molar-refractivity contribution in [2.24, 2.45) is 5.14 Å². The van der Waals surface area contributed by atoms with Crippen molar-refractivity contribution < 1.29 is 17.6 Å². The topological polar surface area (TPSA) is 131 Å². The molecule has 2 aromatic carbocycles. The number of rotatable bonds is 7. The number of nitrogens with two attached hydrogens (primary N) is 1. The Bertz CT molecular complexity index is 1160. The zero-order chi connectivity index (χ0) is 21.7. The monoisotopic (exact) mass is 447 g/mol. The highest BCUT2D eigenvalue weighted by molar-refractivity contribution is 8.00. The number of carbonyl (C=O) groups is 1. The van der Waals surface area contributed by atoms with Crippen LogP contribution in [-0.2, 0) is 14.8 Å². The van der Waals surface area contributed by atoms with E-state index in [9.17, 15) is 17.6 Å².